The minimum atomic E-state index is -4.96. The van der Waals surface area contributed by atoms with Crippen molar-refractivity contribution in [1.82, 2.24) is 10.3 Å². The molecule has 0 spiro atoms. The summed E-state index contributed by atoms with van der Waals surface area (Å²) in [5, 5.41) is 3.87. The van der Waals surface area contributed by atoms with Gasteiger partial charge < -0.3 is 19.5 Å². The SMILES string of the molecule is COc1cccc(-c2nc3ccc(Br)cc3c(C(=O)NC34CCC(C(=O)OC(C)(C)C)(C=C3c3ccccc3OC(F)(F)F)CC4)c2C)c1. The topological polar surface area (TPSA) is 86.8 Å². The van der Waals surface area contributed by atoms with Crippen molar-refractivity contribution in [2.24, 2.45) is 5.41 Å². The number of amides is 1. The second-order valence-electron chi connectivity index (χ2n) is 13.7. The molecule has 0 radical (unpaired) electrons. The van der Waals surface area contributed by atoms with Crippen LogP contribution in [0.1, 0.15) is 67.9 Å². The number of nitrogens with one attached hydrogen (secondary N) is 1. The molecule has 0 atom stereocenters. The zero-order chi connectivity index (χ0) is 35.4. The van der Waals surface area contributed by atoms with Crippen molar-refractivity contribution in [2.75, 3.05) is 7.11 Å². The zero-order valence-electron chi connectivity index (χ0n) is 27.8. The van der Waals surface area contributed by atoms with Crippen LogP contribution in [0.25, 0.3) is 27.7 Å². The number of benzene rings is 3. The average molecular weight is 738 g/mol. The van der Waals surface area contributed by atoms with Crippen LogP contribution >= 0.6 is 15.9 Å². The van der Waals surface area contributed by atoms with E-state index in [2.05, 4.69) is 26.0 Å². The number of carbonyl (C=O) groups excluding carboxylic acids is 2. The van der Waals surface area contributed by atoms with E-state index in [4.69, 9.17) is 14.5 Å². The van der Waals surface area contributed by atoms with Crippen LogP contribution in [0.5, 0.6) is 11.5 Å². The molecule has 7 rings (SSSR count). The van der Waals surface area contributed by atoms with E-state index < -0.39 is 40.5 Å². The fraction of sp³-hybridized carbons (Fsp3) is 0.342. The number of para-hydroxylation sites is 1. The summed E-state index contributed by atoms with van der Waals surface area (Å²) in [5.41, 5.74) is 0.494. The smallest absolute Gasteiger partial charge is 0.497 e. The average Bonchev–Trinajstić information content (AvgIpc) is 3.03. The number of ether oxygens (including phenoxy) is 3. The number of hydrogen-bond donors (Lipinski definition) is 1. The lowest BCUT2D eigenvalue weighted by atomic mass is 9.57. The maximum atomic E-state index is 14.7. The Labute approximate surface area is 291 Å². The molecule has 2 bridgehead atoms. The maximum absolute atomic E-state index is 14.7. The van der Waals surface area contributed by atoms with Crippen LogP contribution in [-0.2, 0) is 9.53 Å². The summed E-state index contributed by atoms with van der Waals surface area (Å²) >= 11 is 3.53. The number of rotatable bonds is 7. The highest BCUT2D eigenvalue weighted by Gasteiger charge is 2.55. The summed E-state index contributed by atoms with van der Waals surface area (Å²) in [4.78, 5) is 33.3. The molecule has 1 amide bonds. The lowest BCUT2D eigenvalue weighted by molar-refractivity contribution is -0.274. The van der Waals surface area contributed by atoms with E-state index in [-0.39, 0.29) is 5.56 Å². The van der Waals surface area contributed by atoms with Gasteiger partial charge in [0.1, 0.15) is 17.1 Å². The monoisotopic (exact) mass is 736 g/mol. The lowest BCUT2D eigenvalue weighted by Crippen LogP contribution is -2.58. The third-order valence-electron chi connectivity index (χ3n) is 9.25. The predicted molar refractivity (Wildman–Crippen MR) is 184 cm³/mol. The summed E-state index contributed by atoms with van der Waals surface area (Å²) in [7, 11) is 1.57. The summed E-state index contributed by atoms with van der Waals surface area (Å²) < 4.78 is 57.4. The Morgan fingerprint density at radius 3 is 2.33 bits per heavy atom. The molecule has 3 aliphatic rings. The van der Waals surface area contributed by atoms with Gasteiger partial charge in [-0.1, -0.05) is 52.3 Å². The maximum Gasteiger partial charge on any atom is 0.573 e. The summed E-state index contributed by atoms with van der Waals surface area (Å²) in [5.74, 6) is -0.655. The van der Waals surface area contributed by atoms with Crippen molar-refractivity contribution in [2.45, 2.75) is 70.9 Å². The standard InChI is InChI=1S/C38H36BrF3N2O5/c1-22-31(27-20-24(39)13-14-29(27)43-32(22)23-9-8-10-25(19-23)47-5)33(45)44-37-17-15-36(16-18-37,34(46)49-35(2,3)4)21-28(37)26-11-6-7-12-30(26)48-38(40,41)42/h6-14,19-21H,15-18H2,1-5H3,(H,44,45). The summed E-state index contributed by atoms with van der Waals surface area (Å²) in [6.07, 6.45) is -2.00. The Bertz CT molecular complexity index is 1990. The van der Waals surface area contributed by atoms with Crippen molar-refractivity contribution in [3.63, 3.8) is 0 Å². The first kappa shape index (κ1) is 34.5. The van der Waals surface area contributed by atoms with E-state index in [1.165, 1.54) is 18.2 Å². The van der Waals surface area contributed by atoms with Gasteiger partial charge in [0.2, 0.25) is 0 Å². The highest BCUT2D eigenvalue weighted by molar-refractivity contribution is 9.10. The molecule has 11 heteroatoms. The van der Waals surface area contributed by atoms with Gasteiger partial charge >= 0.3 is 12.3 Å². The van der Waals surface area contributed by atoms with E-state index in [0.717, 1.165) is 10.0 Å². The van der Waals surface area contributed by atoms with E-state index in [1.807, 2.05) is 49.4 Å². The minimum Gasteiger partial charge on any atom is -0.497 e. The zero-order valence-corrected chi connectivity index (χ0v) is 29.3. The molecule has 0 unspecified atom stereocenters. The van der Waals surface area contributed by atoms with Crippen molar-refractivity contribution in [3.05, 3.63) is 94.0 Å². The van der Waals surface area contributed by atoms with Gasteiger partial charge in [-0.05, 0) is 101 Å². The van der Waals surface area contributed by atoms with Crippen molar-refractivity contribution in [1.29, 1.82) is 0 Å². The molecule has 0 aliphatic heterocycles. The van der Waals surface area contributed by atoms with Gasteiger partial charge in [-0.15, -0.1) is 13.2 Å². The second-order valence-corrected chi connectivity index (χ2v) is 14.6. The molecule has 256 valence electrons. The third kappa shape index (κ3) is 6.77. The molecule has 4 aromatic rings. The molecule has 3 aliphatic carbocycles. The first-order valence-corrected chi connectivity index (χ1v) is 16.7. The van der Waals surface area contributed by atoms with Crippen LogP contribution in [0.3, 0.4) is 0 Å². The second kappa shape index (κ2) is 12.5. The van der Waals surface area contributed by atoms with E-state index in [0.29, 0.717) is 64.7 Å². The van der Waals surface area contributed by atoms with Gasteiger partial charge in [0, 0.05) is 21.0 Å². The van der Waals surface area contributed by atoms with Gasteiger partial charge in [0.15, 0.2) is 0 Å². The van der Waals surface area contributed by atoms with Crippen LogP contribution < -0.4 is 14.8 Å². The highest BCUT2D eigenvalue weighted by atomic mass is 79.9. The van der Waals surface area contributed by atoms with Crippen molar-refractivity contribution in [3.8, 4) is 22.8 Å². The predicted octanol–water partition coefficient (Wildman–Crippen LogP) is 9.35. The largest absolute Gasteiger partial charge is 0.573 e. The van der Waals surface area contributed by atoms with E-state index in [1.54, 1.807) is 40.0 Å². The molecule has 1 heterocycles. The van der Waals surface area contributed by atoms with Gasteiger partial charge in [-0.2, -0.15) is 0 Å². The number of halogens is 4. The van der Waals surface area contributed by atoms with Crippen LogP contribution in [-0.4, -0.2) is 41.5 Å². The number of aromatic nitrogens is 1. The van der Waals surface area contributed by atoms with Crippen LogP contribution in [0.4, 0.5) is 13.2 Å². The first-order valence-electron chi connectivity index (χ1n) is 15.9. The van der Waals surface area contributed by atoms with Gasteiger partial charge in [0.25, 0.3) is 5.91 Å². The van der Waals surface area contributed by atoms with Crippen LogP contribution in [0, 0.1) is 12.3 Å². The van der Waals surface area contributed by atoms with Crippen molar-refractivity contribution < 1.29 is 37.0 Å². The Kier molecular flexibility index (Phi) is 8.80. The fourth-order valence-corrected chi connectivity index (χ4v) is 7.34. The highest BCUT2D eigenvalue weighted by Crippen LogP contribution is 2.56. The Hall–Kier alpha value is -4.38. The minimum absolute atomic E-state index is 0.142. The number of pyridine rings is 1. The Balaban J connectivity index is 1.50. The molecule has 49 heavy (non-hydrogen) atoms. The molecule has 3 aromatic carbocycles. The van der Waals surface area contributed by atoms with E-state index >= 15 is 0 Å². The molecular formula is C38H36BrF3N2O5. The van der Waals surface area contributed by atoms with Crippen molar-refractivity contribution >= 4 is 44.3 Å². The molecule has 0 saturated heterocycles. The van der Waals surface area contributed by atoms with Crippen LogP contribution in [0.15, 0.2) is 77.3 Å². The number of fused-ring (bicyclic) bond motifs is 3. The molecular weight excluding hydrogens is 701 g/mol. The number of alkyl halides is 3. The molecule has 1 saturated carbocycles. The van der Waals surface area contributed by atoms with Gasteiger partial charge in [0.05, 0.1) is 34.8 Å². The summed E-state index contributed by atoms with van der Waals surface area (Å²) in [6.45, 7) is 7.14. The number of nitrogens with zero attached hydrogens (tertiary/aromatic N) is 1. The van der Waals surface area contributed by atoms with E-state index in [9.17, 15) is 22.8 Å². The summed E-state index contributed by atoms with van der Waals surface area (Å²) in [6, 6.07) is 18.7. The Morgan fingerprint density at radius 2 is 1.65 bits per heavy atom. The number of esters is 1. The normalized spacial score (nSPS) is 20.5. The van der Waals surface area contributed by atoms with Gasteiger partial charge in [-0.3, -0.25) is 9.59 Å². The third-order valence-corrected chi connectivity index (χ3v) is 9.75. The fourth-order valence-electron chi connectivity index (χ4n) is 6.98. The van der Waals surface area contributed by atoms with Crippen LogP contribution in [0.2, 0.25) is 0 Å². The molecule has 1 N–H and O–H groups in total. The quantitative estimate of drug-likeness (QED) is 0.190. The lowest BCUT2D eigenvalue weighted by Gasteiger charge is -2.52. The number of carbonyl (C=O) groups is 2. The first-order chi connectivity index (χ1) is 23.0. The molecule has 1 fully saturated rings. The van der Waals surface area contributed by atoms with Gasteiger partial charge in [-0.25, -0.2) is 4.98 Å². The number of hydrogen-bond acceptors (Lipinski definition) is 6. The number of methoxy groups -OCH3 is 1. The molecule has 7 nitrogen and oxygen atoms in total. The Morgan fingerprint density at radius 1 is 0.939 bits per heavy atom. The molecule has 1 aromatic heterocycles.